The molecule has 4 heteroatoms. The van der Waals surface area contributed by atoms with Gasteiger partial charge < -0.3 is 14.2 Å². The second-order valence-corrected chi connectivity index (χ2v) is 10.3. The van der Waals surface area contributed by atoms with Crippen LogP contribution in [0.4, 0.5) is 0 Å². The van der Waals surface area contributed by atoms with Gasteiger partial charge in [0.15, 0.2) is 5.79 Å². The lowest BCUT2D eigenvalue weighted by Gasteiger charge is -2.34. The van der Waals surface area contributed by atoms with Crippen molar-refractivity contribution in [1.29, 1.82) is 0 Å². The number of ether oxygens (including phenoxy) is 3. The maximum Gasteiger partial charge on any atom is 0.168 e. The van der Waals surface area contributed by atoms with E-state index in [0.717, 1.165) is 64.3 Å². The van der Waals surface area contributed by atoms with Crippen LogP contribution >= 0.6 is 0 Å². The van der Waals surface area contributed by atoms with Crippen LogP contribution in [0.3, 0.4) is 0 Å². The van der Waals surface area contributed by atoms with Gasteiger partial charge in [-0.2, -0.15) is 0 Å². The number of nitrogens with zero attached hydrogens (tertiary/aromatic N) is 1. The van der Waals surface area contributed by atoms with Crippen LogP contribution in [0.2, 0.25) is 0 Å². The molecule has 2 fully saturated rings. The molecule has 0 aromatic rings. The minimum Gasteiger partial charge on any atom is -0.380 e. The molecule has 0 bridgehead atoms. The first-order valence-corrected chi connectivity index (χ1v) is 12.6. The molecule has 1 aliphatic carbocycles. The fourth-order valence-corrected chi connectivity index (χ4v) is 5.59. The van der Waals surface area contributed by atoms with Gasteiger partial charge in [0.1, 0.15) is 0 Å². The van der Waals surface area contributed by atoms with Crippen molar-refractivity contribution in [2.75, 3.05) is 33.4 Å². The van der Waals surface area contributed by atoms with E-state index >= 15 is 0 Å². The Bertz CT molecular complexity index is 495. The van der Waals surface area contributed by atoms with Crippen LogP contribution in [-0.4, -0.2) is 56.2 Å². The lowest BCUT2D eigenvalue weighted by Crippen LogP contribution is -2.36. The Morgan fingerprint density at radius 2 is 2.03 bits per heavy atom. The molecule has 1 saturated carbocycles. The van der Waals surface area contributed by atoms with Gasteiger partial charge in [-0.25, -0.2) is 0 Å². The summed E-state index contributed by atoms with van der Waals surface area (Å²) in [7, 11) is 1.82. The number of hydrogen-bond donors (Lipinski definition) is 0. The largest absolute Gasteiger partial charge is 0.380 e. The van der Waals surface area contributed by atoms with E-state index in [0.29, 0.717) is 11.5 Å². The third-order valence-electron chi connectivity index (χ3n) is 7.46. The Hall–Kier alpha value is -0.420. The number of hydrogen-bond acceptors (Lipinski definition) is 4. The molecule has 176 valence electrons. The standard InChI is InChI=1S/C26H49NO3/c1-7-11-23(28-6)20-27(18-9-3)19-14-24-21-29-26(30-24)16-10-12-22(13-17-26)25(4,5)15-8-2/h9,22-24H,3,7-8,10-21H2,1-2,4-6H3. The Morgan fingerprint density at radius 3 is 2.70 bits per heavy atom. The maximum absolute atomic E-state index is 6.59. The van der Waals surface area contributed by atoms with E-state index in [9.17, 15) is 0 Å². The van der Waals surface area contributed by atoms with Crippen molar-refractivity contribution < 1.29 is 14.2 Å². The summed E-state index contributed by atoms with van der Waals surface area (Å²) in [6, 6.07) is 0. The van der Waals surface area contributed by atoms with Crippen molar-refractivity contribution in [1.82, 2.24) is 4.90 Å². The van der Waals surface area contributed by atoms with Gasteiger partial charge in [-0.1, -0.05) is 46.6 Å². The van der Waals surface area contributed by atoms with Crippen molar-refractivity contribution in [2.45, 2.75) is 110 Å². The van der Waals surface area contributed by atoms with Crippen molar-refractivity contribution in [3.63, 3.8) is 0 Å². The highest BCUT2D eigenvalue weighted by atomic mass is 16.7. The molecule has 2 rings (SSSR count). The molecule has 0 aromatic carbocycles. The average Bonchev–Trinajstić information content (AvgIpc) is 2.98. The summed E-state index contributed by atoms with van der Waals surface area (Å²) in [5.74, 6) is 0.470. The summed E-state index contributed by atoms with van der Waals surface area (Å²) in [6.45, 7) is 17.0. The van der Waals surface area contributed by atoms with Crippen LogP contribution in [-0.2, 0) is 14.2 Å². The highest BCUT2D eigenvalue weighted by molar-refractivity contribution is 4.88. The SMILES string of the molecule is C=CCN(CCC1COC2(CCCC(C(C)(C)CCC)CC2)O1)CC(CCC)OC. The summed E-state index contributed by atoms with van der Waals surface area (Å²) in [4.78, 5) is 2.45. The van der Waals surface area contributed by atoms with Crippen molar-refractivity contribution in [2.24, 2.45) is 11.3 Å². The molecule has 4 unspecified atom stereocenters. The normalized spacial score (nSPS) is 28.7. The summed E-state index contributed by atoms with van der Waals surface area (Å²) < 4.78 is 18.6. The van der Waals surface area contributed by atoms with Crippen LogP contribution in [0, 0.1) is 11.3 Å². The lowest BCUT2D eigenvalue weighted by molar-refractivity contribution is -0.177. The Kier molecular flexibility index (Phi) is 10.8. The van der Waals surface area contributed by atoms with E-state index in [4.69, 9.17) is 14.2 Å². The van der Waals surface area contributed by atoms with Gasteiger partial charge in [0.05, 0.1) is 18.8 Å². The Balaban J connectivity index is 1.84. The first-order chi connectivity index (χ1) is 14.4. The summed E-state index contributed by atoms with van der Waals surface area (Å²) in [5, 5.41) is 0. The third-order valence-corrected chi connectivity index (χ3v) is 7.46. The number of rotatable bonds is 13. The molecule has 1 aliphatic heterocycles. The fraction of sp³-hybridized carbons (Fsp3) is 0.923. The Labute approximate surface area is 186 Å². The third kappa shape index (κ3) is 7.62. The topological polar surface area (TPSA) is 30.9 Å². The van der Waals surface area contributed by atoms with E-state index in [1.165, 1.54) is 32.1 Å². The molecular weight excluding hydrogens is 374 g/mol. The zero-order chi connectivity index (χ0) is 22.0. The molecule has 4 atom stereocenters. The molecule has 0 N–H and O–H groups in total. The predicted octanol–water partition coefficient (Wildman–Crippen LogP) is 6.20. The monoisotopic (exact) mass is 423 g/mol. The molecular formula is C26H49NO3. The smallest absolute Gasteiger partial charge is 0.168 e. The average molecular weight is 424 g/mol. The minimum absolute atomic E-state index is 0.213. The van der Waals surface area contributed by atoms with Gasteiger partial charge in [0, 0.05) is 39.6 Å². The first-order valence-electron chi connectivity index (χ1n) is 12.6. The second kappa shape index (κ2) is 12.6. The predicted molar refractivity (Wildman–Crippen MR) is 126 cm³/mol. The molecule has 2 aliphatic rings. The van der Waals surface area contributed by atoms with E-state index < -0.39 is 0 Å². The van der Waals surface area contributed by atoms with E-state index in [2.05, 4.69) is 39.2 Å². The first kappa shape index (κ1) is 25.8. The van der Waals surface area contributed by atoms with Gasteiger partial charge in [-0.3, -0.25) is 4.90 Å². The van der Waals surface area contributed by atoms with E-state index in [1.807, 2.05) is 13.2 Å². The quantitative estimate of drug-likeness (QED) is 0.330. The molecule has 30 heavy (non-hydrogen) atoms. The van der Waals surface area contributed by atoms with Crippen LogP contribution < -0.4 is 0 Å². The van der Waals surface area contributed by atoms with Crippen molar-refractivity contribution in [3.8, 4) is 0 Å². The zero-order valence-corrected chi connectivity index (χ0v) is 20.6. The highest BCUT2D eigenvalue weighted by Gasteiger charge is 2.44. The van der Waals surface area contributed by atoms with Gasteiger partial charge in [-0.15, -0.1) is 6.58 Å². The summed E-state index contributed by atoms with van der Waals surface area (Å²) >= 11 is 0. The second-order valence-electron chi connectivity index (χ2n) is 10.3. The van der Waals surface area contributed by atoms with Crippen LogP contribution in [0.15, 0.2) is 12.7 Å². The molecule has 0 radical (unpaired) electrons. The van der Waals surface area contributed by atoms with E-state index in [1.54, 1.807) is 0 Å². The molecule has 1 heterocycles. The molecule has 4 nitrogen and oxygen atoms in total. The van der Waals surface area contributed by atoms with Gasteiger partial charge >= 0.3 is 0 Å². The van der Waals surface area contributed by atoms with Crippen LogP contribution in [0.25, 0.3) is 0 Å². The van der Waals surface area contributed by atoms with Gasteiger partial charge in [0.2, 0.25) is 0 Å². The summed E-state index contributed by atoms with van der Waals surface area (Å²) in [5.41, 5.74) is 0.430. The van der Waals surface area contributed by atoms with Gasteiger partial charge in [-0.05, 0) is 49.9 Å². The van der Waals surface area contributed by atoms with Gasteiger partial charge in [0.25, 0.3) is 0 Å². The number of methoxy groups -OCH3 is 1. The minimum atomic E-state index is -0.317. The highest BCUT2D eigenvalue weighted by Crippen LogP contribution is 2.45. The molecule has 1 spiro atoms. The maximum atomic E-state index is 6.59. The summed E-state index contributed by atoms with van der Waals surface area (Å²) in [6.07, 6.45) is 14.2. The molecule has 0 amide bonds. The van der Waals surface area contributed by atoms with Crippen molar-refractivity contribution >= 4 is 0 Å². The zero-order valence-electron chi connectivity index (χ0n) is 20.6. The van der Waals surface area contributed by atoms with Crippen LogP contribution in [0.1, 0.15) is 91.9 Å². The fourth-order valence-electron chi connectivity index (χ4n) is 5.59. The van der Waals surface area contributed by atoms with Crippen molar-refractivity contribution in [3.05, 3.63) is 12.7 Å². The molecule has 0 aromatic heterocycles. The Morgan fingerprint density at radius 1 is 1.23 bits per heavy atom. The lowest BCUT2D eigenvalue weighted by atomic mass is 9.72. The van der Waals surface area contributed by atoms with E-state index in [-0.39, 0.29) is 11.9 Å². The van der Waals surface area contributed by atoms with Crippen LogP contribution in [0.5, 0.6) is 0 Å². The molecule has 1 saturated heterocycles.